The Hall–Kier alpha value is -2.60. The molecular formula is C18H22O6. The van der Waals surface area contributed by atoms with Gasteiger partial charge in [-0.2, -0.15) is 0 Å². The maximum Gasteiger partial charge on any atom is 0.345 e. The van der Waals surface area contributed by atoms with Gasteiger partial charge in [0.25, 0.3) is 0 Å². The second-order valence-corrected chi connectivity index (χ2v) is 4.68. The van der Waals surface area contributed by atoms with E-state index in [0.717, 1.165) is 0 Å². The Labute approximate surface area is 141 Å². The first-order valence-electron chi connectivity index (χ1n) is 7.64. The summed E-state index contributed by atoms with van der Waals surface area (Å²) in [5, 5.41) is 8.81. The molecule has 0 atom stereocenters. The van der Waals surface area contributed by atoms with Gasteiger partial charge in [-0.25, -0.2) is 9.59 Å². The number of hydrogen-bond donors (Lipinski definition) is 1. The molecule has 0 bridgehead atoms. The lowest BCUT2D eigenvalue weighted by Gasteiger charge is -2.08. The molecule has 0 spiro atoms. The zero-order valence-electron chi connectivity index (χ0n) is 13.9. The monoisotopic (exact) mass is 334 g/mol. The highest BCUT2D eigenvalue weighted by atomic mass is 16.6. The van der Waals surface area contributed by atoms with Crippen LogP contribution in [0.15, 0.2) is 42.2 Å². The van der Waals surface area contributed by atoms with Crippen molar-refractivity contribution in [3.05, 3.63) is 47.7 Å². The van der Waals surface area contributed by atoms with Gasteiger partial charge in [0.1, 0.15) is 11.3 Å². The molecule has 0 saturated heterocycles. The summed E-state index contributed by atoms with van der Waals surface area (Å²) >= 11 is 0. The van der Waals surface area contributed by atoms with E-state index < -0.39 is 11.9 Å². The maximum atomic E-state index is 11.9. The summed E-state index contributed by atoms with van der Waals surface area (Å²) in [6.07, 6.45) is 1.75. The van der Waals surface area contributed by atoms with Crippen LogP contribution in [-0.2, 0) is 19.1 Å². The molecule has 24 heavy (non-hydrogen) atoms. The standard InChI is InChI=1S/C18H22O6/c1-4-22-17(20)16(18(21)23-5-2)12-14-6-8-15(9-7-14)24-13(3)10-11-19/h6-9,12,19H,3-5,10-11H2,1-2H3. The van der Waals surface area contributed by atoms with Crippen LogP contribution in [0.25, 0.3) is 6.08 Å². The van der Waals surface area contributed by atoms with Crippen molar-refractivity contribution in [2.75, 3.05) is 19.8 Å². The van der Waals surface area contributed by atoms with Crippen LogP contribution in [0.5, 0.6) is 5.75 Å². The molecule has 0 aliphatic rings. The second kappa shape index (κ2) is 10.2. The first-order valence-corrected chi connectivity index (χ1v) is 7.64. The van der Waals surface area contributed by atoms with E-state index in [1.165, 1.54) is 6.08 Å². The van der Waals surface area contributed by atoms with Crippen LogP contribution in [0.1, 0.15) is 25.8 Å². The Balaban J connectivity index is 2.94. The lowest BCUT2D eigenvalue weighted by Crippen LogP contribution is -2.18. The molecule has 0 fully saturated rings. The van der Waals surface area contributed by atoms with Crippen LogP contribution < -0.4 is 4.74 Å². The lowest BCUT2D eigenvalue weighted by molar-refractivity contribution is -0.146. The Bertz CT molecular complexity index is 580. The Kier molecular flexibility index (Phi) is 8.29. The lowest BCUT2D eigenvalue weighted by atomic mass is 10.1. The summed E-state index contributed by atoms with van der Waals surface area (Å²) in [6, 6.07) is 6.70. The number of hydrogen-bond acceptors (Lipinski definition) is 6. The van der Waals surface area contributed by atoms with E-state index in [1.807, 2.05) is 0 Å². The number of carbonyl (C=O) groups excluding carboxylic acids is 2. The van der Waals surface area contributed by atoms with E-state index in [9.17, 15) is 9.59 Å². The average Bonchev–Trinajstić information content (AvgIpc) is 2.54. The summed E-state index contributed by atoms with van der Waals surface area (Å²) in [5.41, 5.74) is 0.447. The van der Waals surface area contributed by atoms with Crippen LogP contribution in [-0.4, -0.2) is 36.9 Å². The van der Waals surface area contributed by atoms with Gasteiger partial charge < -0.3 is 19.3 Å². The van der Waals surface area contributed by atoms with Gasteiger partial charge in [-0.3, -0.25) is 0 Å². The average molecular weight is 334 g/mol. The van der Waals surface area contributed by atoms with Gasteiger partial charge in [0, 0.05) is 6.42 Å². The van der Waals surface area contributed by atoms with Gasteiger partial charge in [-0.05, 0) is 37.6 Å². The summed E-state index contributed by atoms with van der Waals surface area (Å²) in [6.45, 7) is 7.28. The molecule has 6 heteroatoms. The zero-order chi connectivity index (χ0) is 17.9. The molecular weight excluding hydrogens is 312 g/mol. The van der Waals surface area contributed by atoms with Gasteiger partial charge in [-0.1, -0.05) is 18.7 Å². The molecule has 0 aliphatic heterocycles. The molecule has 0 amide bonds. The topological polar surface area (TPSA) is 82.1 Å². The van der Waals surface area contributed by atoms with Crippen molar-refractivity contribution >= 4 is 18.0 Å². The molecule has 0 aliphatic carbocycles. The van der Waals surface area contributed by atoms with Gasteiger partial charge in [-0.15, -0.1) is 0 Å². The largest absolute Gasteiger partial charge is 0.462 e. The Morgan fingerprint density at radius 2 is 1.62 bits per heavy atom. The predicted molar refractivity (Wildman–Crippen MR) is 89.2 cm³/mol. The number of esters is 2. The number of carbonyl (C=O) groups is 2. The van der Waals surface area contributed by atoms with E-state index in [4.69, 9.17) is 19.3 Å². The molecule has 1 N–H and O–H groups in total. The van der Waals surface area contributed by atoms with E-state index in [-0.39, 0.29) is 25.4 Å². The summed E-state index contributed by atoms with van der Waals surface area (Å²) in [4.78, 5) is 23.8. The van der Waals surface area contributed by atoms with Crippen molar-refractivity contribution in [1.29, 1.82) is 0 Å². The quantitative estimate of drug-likeness (QED) is 0.246. The smallest absolute Gasteiger partial charge is 0.345 e. The maximum absolute atomic E-state index is 11.9. The van der Waals surface area contributed by atoms with Crippen LogP contribution in [0.2, 0.25) is 0 Å². The minimum absolute atomic E-state index is 0.0396. The van der Waals surface area contributed by atoms with Crippen molar-refractivity contribution in [3.8, 4) is 5.75 Å². The van der Waals surface area contributed by atoms with E-state index in [0.29, 0.717) is 23.5 Å². The summed E-state index contributed by atoms with van der Waals surface area (Å²) in [5.74, 6) is -0.473. The number of aliphatic hydroxyl groups is 1. The third-order valence-electron chi connectivity index (χ3n) is 2.83. The number of ether oxygens (including phenoxy) is 3. The van der Waals surface area contributed by atoms with Crippen LogP contribution in [0.3, 0.4) is 0 Å². The van der Waals surface area contributed by atoms with E-state index in [1.54, 1.807) is 38.1 Å². The molecule has 1 aromatic rings. The van der Waals surface area contributed by atoms with Gasteiger partial charge in [0.15, 0.2) is 0 Å². The Morgan fingerprint density at radius 1 is 1.08 bits per heavy atom. The minimum Gasteiger partial charge on any atom is -0.462 e. The second-order valence-electron chi connectivity index (χ2n) is 4.68. The zero-order valence-corrected chi connectivity index (χ0v) is 13.9. The van der Waals surface area contributed by atoms with Crippen molar-refractivity contribution in [3.63, 3.8) is 0 Å². The molecule has 0 radical (unpaired) electrons. The van der Waals surface area contributed by atoms with Crippen LogP contribution in [0, 0.1) is 0 Å². The highest BCUT2D eigenvalue weighted by Crippen LogP contribution is 2.18. The first-order chi connectivity index (χ1) is 11.5. The molecule has 1 aromatic carbocycles. The van der Waals surface area contributed by atoms with Gasteiger partial charge in [0.2, 0.25) is 0 Å². The fourth-order valence-corrected chi connectivity index (χ4v) is 1.76. The third-order valence-corrected chi connectivity index (χ3v) is 2.83. The Morgan fingerprint density at radius 3 is 2.08 bits per heavy atom. The highest BCUT2D eigenvalue weighted by Gasteiger charge is 2.20. The normalized spacial score (nSPS) is 9.79. The van der Waals surface area contributed by atoms with E-state index in [2.05, 4.69) is 6.58 Å². The fraction of sp³-hybridized carbons (Fsp3) is 0.333. The van der Waals surface area contributed by atoms with Gasteiger partial charge in [0.05, 0.1) is 25.6 Å². The number of aliphatic hydroxyl groups excluding tert-OH is 1. The molecule has 130 valence electrons. The van der Waals surface area contributed by atoms with E-state index >= 15 is 0 Å². The van der Waals surface area contributed by atoms with Crippen LogP contribution in [0.4, 0.5) is 0 Å². The van der Waals surface area contributed by atoms with Crippen molar-refractivity contribution in [2.45, 2.75) is 20.3 Å². The SMILES string of the molecule is C=C(CCO)Oc1ccc(C=C(C(=O)OCC)C(=O)OCC)cc1. The predicted octanol–water partition coefficient (Wildman–Crippen LogP) is 2.47. The number of rotatable bonds is 9. The molecule has 0 saturated carbocycles. The molecule has 0 unspecified atom stereocenters. The molecule has 0 heterocycles. The van der Waals surface area contributed by atoms with Crippen molar-refractivity contribution < 1.29 is 28.9 Å². The van der Waals surface area contributed by atoms with Gasteiger partial charge >= 0.3 is 11.9 Å². The fourth-order valence-electron chi connectivity index (χ4n) is 1.76. The van der Waals surface area contributed by atoms with Crippen LogP contribution >= 0.6 is 0 Å². The number of benzene rings is 1. The minimum atomic E-state index is -0.729. The van der Waals surface area contributed by atoms with Crippen molar-refractivity contribution in [1.82, 2.24) is 0 Å². The third kappa shape index (κ3) is 6.26. The first kappa shape index (κ1) is 19.4. The molecule has 6 nitrogen and oxygen atoms in total. The molecule has 1 rings (SSSR count). The van der Waals surface area contributed by atoms with Crippen molar-refractivity contribution in [2.24, 2.45) is 0 Å². The highest BCUT2D eigenvalue weighted by molar-refractivity contribution is 6.17. The summed E-state index contributed by atoms with van der Waals surface area (Å²) in [7, 11) is 0. The summed E-state index contributed by atoms with van der Waals surface area (Å²) < 4.78 is 15.2. The molecule has 0 aromatic heterocycles.